The van der Waals surface area contributed by atoms with Crippen molar-refractivity contribution in [2.24, 2.45) is 5.10 Å². The molecule has 0 aromatic heterocycles. The van der Waals surface area contributed by atoms with Crippen molar-refractivity contribution in [2.45, 2.75) is 39.9 Å². The van der Waals surface area contributed by atoms with Crippen LogP contribution in [-0.4, -0.2) is 31.1 Å². The molecule has 0 spiro atoms. The molecule has 1 aliphatic rings. The van der Waals surface area contributed by atoms with E-state index in [9.17, 15) is 4.79 Å². The molecule has 7 heteroatoms. The maximum absolute atomic E-state index is 12.3. The third-order valence-electron chi connectivity index (χ3n) is 3.72. The van der Waals surface area contributed by atoms with Crippen molar-refractivity contribution >= 4 is 12.1 Å². The number of hydrogen-bond acceptors (Lipinski definition) is 6. The highest BCUT2D eigenvalue weighted by atomic mass is 16.7. The highest BCUT2D eigenvalue weighted by Crippen LogP contribution is 2.32. The van der Waals surface area contributed by atoms with Crippen molar-refractivity contribution in [1.82, 2.24) is 5.43 Å². The Morgan fingerprint density at radius 3 is 2.54 bits per heavy atom. The van der Waals surface area contributed by atoms with Gasteiger partial charge in [-0.2, -0.15) is 5.10 Å². The molecule has 0 saturated carbocycles. The van der Waals surface area contributed by atoms with E-state index in [0.29, 0.717) is 28.6 Å². The number of hydrazone groups is 1. The fourth-order valence-electron chi connectivity index (χ4n) is 2.59. The molecule has 0 saturated heterocycles. The van der Waals surface area contributed by atoms with Gasteiger partial charge in [0.05, 0.1) is 18.4 Å². The van der Waals surface area contributed by atoms with E-state index < -0.39 is 0 Å². The van der Waals surface area contributed by atoms with Crippen molar-refractivity contribution in [3.8, 4) is 23.0 Å². The monoisotopic (exact) mass is 384 g/mol. The Kier molecular flexibility index (Phi) is 6.03. The summed E-state index contributed by atoms with van der Waals surface area (Å²) in [5.74, 6) is 2.17. The number of nitrogens with one attached hydrogen (secondary N) is 1. The minimum absolute atomic E-state index is 0.00956. The molecule has 1 amide bonds. The molecular weight excluding hydrogens is 360 g/mol. The number of carbonyl (C=O) groups excluding carboxylic acids is 1. The van der Waals surface area contributed by atoms with Crippen LogP contribution in [0.1, 0.15) is 43.6 Å². The fraction of sp³-hybridized carbons (Fsp3) is 0.333. The van der Waals surface area contributed by atoms with Gasteiger partial charge >= 0.3 is 0 Å². The Balaban J connectivity index is 1.71. The van der Waals surface area contributed by atoms with E-state index in [2.05, 4.69) is 10.5 Å². The summed E-state index contributed by atoms with van der Waals surface area (Å²) in [6, 6.07) is 10.5. The molecule has 2 aromatic carbocycles. The highest BCUT2D eigenvalue weighted by Gasteiger charge is 2.16. The van der Waals surface area contributed by atoms with Crippen molar-refractivity contribution in [3.63, 3.8) is 0 Å². The minimum Gasteiger partial charge on any atom is -0.491 e. The van der Waals surface area contributed by atoms with Gasteiger partial charge in [-0.15, -0.1) is 0 Å². The van der Waals surface area contributed by atoms with Crippen LogP contribution < -0.4 is 24.4 Å². The van der Waals surface area contributed by atoms with E-state index in [1.54, 1.807) is 24.4 Å². The van der Waals surface area contributed by atoms with Gasteiger partial charge in [0.1, 0.15) is 11.5 Å². The quantitative estimate of drug-likeness (QED) is 0.581. The molecule has 1 aliphatic heterocycles. The lowest BCUT2D eigenvalue weighted by Gasteiger charge is -2.15. The van der Waals surface area contributed by atoms with Gasteiger partial charge < -0.3 is 18.9 Å². The molecule has 0 fully saturated rings. The number of hydrogen-bond donors (Lipinski definition) is 1. The highest BCUT2D eigenvalue weighted by molar-refractivity contribution is 5.95. The number of carbonyl (C=O) groups is 1. The summed E-state index contributed by atoms with van der Waals surface area (Å²) in [4.78, 5) is 12.3. The first-order chi connectivity index (χ1) is 13.4. The molecule has 148 valence electrons. The largest absolute Gasteiger partial charge is 0.491 e. The number of nitrogens with zero attached hydrogens (tertiary/aromatic N) is 1. The summed E-state index contributed by atoms with van der Waals surface area (Å²) >= 11 is 0. The first kappa shape index (κ1) is 19.5. The van der Waals surface area contributed by atoms with E-state index in [0.717, 1.165) is 5.56 Å². The molecule has 0 bridgehead atoms. The maximum atomic E-state index is 12.3. The summed E-state index contributed by atoms with van der Waals surface area (Å²) in [7, 11) is 0. The Bertz CT molecular complexity index is 877. The van der Waals surface area contributed by atoms with Gasteiger partial charge in [0.15, 0.2) is 11.5 Å². The van der Waals surface area contributed by atoms with E-state index >= 15 is 0 Å². The van der Waals surface area contributed by atoms with Crippen LogP contribution >= 0.6 is 0 Å². The molecule has 1 heterocycles. The van der Waals surface area contributed by atoms with Crippen LogP contribution in [0, 0.1) is 0 Å². The lowest BCUT2D eigenvalue weighted by atomic mass is 10.2. The second kappa shape index (κ2) is 8.65. The predicted molar refractivity (Wildman–Crippen MR) is 106 cm³/mol. The standard InChI is InChI=1S/C21H24N2O5/c1-13(2)27-17-7-5-16(19(10-17)28-14(3)4)11-22-23-21(24)15-6-8-18-20(9-15)26-12-25-18/h5-11,13-14H,12H2,1-4H3,(H,23,24)/b22-11-. The summed E-state index contributed by atoms with van der Waals surface area (Å²) in [5.41, 5.74) is 3.68. The van der Waals surface area contributed by atoms with Crippen LogP contribution in [-0.2, 0) is 0 Å². The molecule has 28 heavy (non-hydrogen) atoms. The minimum atomic E-state index is -0.347. The van der Waals surface area contributed by atoms with Crippen molar-refractivity contribution in [1.29, 1.82) is 0 Å². The molecular formula is C21H24N2O5. The molecule has 0 radical (unpaired) electrons. The molecule has 7 nitrogen and oxygen atoms in total. The van der Waals surface area contributed by atoms with Gasteiger partial charge in [0.2, 0.25) is 6.79 Å². The van der Waals surface area contributed by atoms with Crippen LogP contribution in [0.15, 0.2) is 41.5 Å². The third kappa shape index (κ3) is 4.94. The van der Waals surface area contributed by atoms with Crippen LogP contribution in [0.4, 0.5) is 0 Å². The Morgan fingerprint density at radius 1 is 1.04 bits per heavy atom. The summed E-state index contributed by atoms with van der Waals surface area (Å²) in [6.07, 6.45) is 1.60. The lowest BCUT2D eigenvalue weighted by Crippen LogP contribution is -2.17. The van der Waals surface area contributed by atoms with E-state index in [4.69, 9.17) is 18.9 Å². The molecule has 0 atom stereocenters. The van der Waals surface area contributed by atoms with Crippen molar-refractivity contribution < 1.29 is 23.7 Å². The second-order valence-corrected chi connectivity index (χ2v) is 6.80. The van der Waals surface area contributed by atoms with Crippen molar-refractivity contribution in [3.05, 3.63) is 47.5 Å². The van der Waals surface area contributed by atoms with Gasteiger partial charge in [-0.25, -0.2) is 5.43 Å². The normalized spacial score (nSPS) is 12.6. The molecule has 0 unspecified atom stereocenters. The first-order valence-electron chi connectivity index (χ1n) is 9.13. The lowest BCUT2D eigenvalue weighted by molar-refractivity contribution is 0.0954. The van der Waals surface area contributed by atoms with Crippen LogP contribution in [0.3, 0.4) is 0 Å². The average Bonchev–Trinajstić information content (AvgIpc) is 3.10. The number of ether oxygens (including phenoxy) is 4. The van der Waals surface area contributed by atoms with E-state index in [1.807, 2.05) is 45.9 Å². The summed E-state index contributed by atoms with van der Waals surface area (Å²) < 4.78 is 22.1. The summed E-state index contributed by atoms with van der Waals surface area (Å²) in [5, 5.41) is 4.05. The van der Waals surface area contributed by atoms with Crippen molar-refractivity contribution in [2.75, 3.05) is 6.79 Å². The van der Waals surface area contributed by atoms with Crippen LogP contribution in [0.5, 0.6) is 23.0 Å². The predicted octanol–water partition coefficient (Wildman–Crippen LogP) is 3.75. The molecule has 2 aromatic rings. The van der Waals surface area contributed by atoms with E-state index in [1.165, 1.54) is 0 Å². The Labute approximate surface area is 164 Å². The van der Waals surface area contributed by atoms with Crippen LogP contribution in [0.25, 0.3) is 0 Å². The zero-order valence-electron chi connectivity index (χ0n) is 16.4. The smallest absolute Gasteiger partial charge is 0.271 e. The third-order valence-corrected chi connectivity index (χ3v) is 3.72. The van der Waals surface area contributed by atoms with Crippen LogP contribution in [0.2, 0.25) is 0 Å². The molecule has 1 N–H and O–H groups in total. The van der Waals surface area contributed by atoms with Gasteiger partial charge in [-0.05, 0) is 58.0 Å². The van der Waals surface area contributed by atoms with E-state index in [-0.39, 0.29) is 24.9 Å². The zero-order chi connectivity index (χ0) is 20.1. The molecule has 0 aliphatic carbocycles. The summed E-state index contributed by atoms with van der Waals surface area (Å²) in [6.45, 7) is 7.97. The Morgan fingerprint density at radius 2 is 1.79 bits per heavy atom. The number of benzene rings is 2. The Hall–Kier alpha value is -3.22. The van der Waals surface area contributed by atoms with Gasteiger partial charge in [-0.1, -0.05) is 0 Å². The number of rotatable bonds is 7. The molecule has 3 rings (SSSR count). The second-order valence-electron chi connectivity index (χ2n) is 6.80. The topological polar surface area (TPSA) is 78.4 Å². The van der Waals surface area contributed by atoms with Gasteiger partial charge in [0, 0.05) is 17.2 Å². The first-order valence-corrected chi connectivity index (χ1v) is 9.13. The SMILES string of the molecule is CC(C)Oc1ccc(/C=N\NC(=O)c2ccc3c(c2)OCO3)c(OC(C)C)c1. The zero-order valence-corrected chi connectivity index (χ0v) is 16.4. The average molecular weight is 384 g/mol. The number of amides is 1. The fourth-order valence-corrected chi connectivity index (χ4v) is 2.59. The maximum Gasteiger partial charge on any atom is 0.271 e. The van der Waals surface area contributed by atoms with Gasteiger partial charge in [-0.3, -0.25) is 4.79 Å². The number of fused-ring (bicyclic) bond motifs is 1. The van der Waals surface area contributed by atoms with Gasteiger partial charge in [0.25, 0.3) is 5.91 Å².